The van der Waals surface area contributed by atoms with Gasteiger partial charge in [-0.1, -0.05) is 20.3 Å². The lowest BCUT2D eigenvalue weighted by atomic mass is 10.1. The van der Waals surface area contributed by atoms with E-state index in [1.807, 2.05) is 6.92 Å². The second-order valence-corrected chi connectivity index (χ2v) is 3.89. The predicted molar refractivity (Wildman–Crippen MR) is 53.4 cm³/mol. The lowest BCUT2D eigenvalue weighted by molar-refractivity contribution is -0.141. The Kier molecular flexibility index (Phi) is 3.63. The Morgan fingerprint density at radius 3 is 2.57 bits per heavy atom. The number of nitrogens with zero attached hydrogens (tertiary/aromatic N) is 1. The van der Waals surface area contributed by atoms with Gasteiger partial charge in [0.25, 0.3) is 0 Å². The van der Waals surface area contributed by atoms with Gasteiger partial charge in [0.1, 0.15) is 0 Å². The molecule has 0 bridgehead atoms. The molecule has 1 fully saturated rings. The van der Waals surface area contributed by atoms with Crippen LogP contribution >= 0.6 is 0 Å². The number of imide groups is 1. The molecule has 1 aliphatic rings. The molecule has 14 heavy (non-hydrogen) atoms. The largest absolute Gasteiger partial charge is 0.328 e. The van der Waals surface area contributed by atoms with E-state index in [4.69, 9.17) is 5.73 Å². The second kappa shape index (κ2) is 4.55. The van der Waals surface area contributed by atoms with Crippen molar-refractivity contribution < 1.29 is 9.59 Å². The van der Waals surface area contributed by atoms with Gasteiger partial charge >= 0.3 is 0 Å². The van der Waals surface area contributed by atoms with Crippen LogP contribution in [0.2, 0.25) is 0 Å². The first-order valence-electron chi connectivity index (χ1n) is 5.17. The number of hydrogen-bond acceptors (Lipinski definition) is 3. The van der Waals surface area contributed by atoms with Crippen molar-refractivity contribution in [2.75, 3.05) is 6.54 Å². The van der Waals surface area contributed by atoms with Gasteiger partial charge in [0.05, 0.1) is 6.04 Å². The highest BCUT2D eigenvalue weighted by Crippen LogP contribution is 2.22. The van der Waals surface area contributed by atoms with Crippen molar-refractivity contribution >= 4 is 11.8 Å². The molecule has 0 spiro atoms. The van der Waals surface area contributed by atoms with Crippen molar-refractivity contribution in [3.63, 3.8) is 0 Å². The van der Waals surface area contributed by atoms with Crippen molar-refractivity contribution in [2.45, 2.75) is 39.2 Å². The standard InChI is InChI=1S/C10H18N2O2/c1-3-4-8(6-11)12-9(13)5-7(2)10(12)14/h7-8H,3-6,11H2,1-2H3. The third-order valence-electron chi connectivity index (χ3n) is 2.67. The summed E-state index contributed by atoms with van der Waals surface area (Å²) >= 11 is 0. The molecule has 4 nitrogen and oxygen atoms in total. The summed E-state index contributed by atoms with van der Waals surface area (Å²) in [5.74, 6) is -0.279. The van der Waals surface area contributed by atoms with Crippen molar-refractivity contribution in [1.29, 1.82) is 0 Å². The number of rotatable bonds is 4. The van der Waals surface area contributed by atoms with Gasteiger partial charge in [-0.2, -0.15) is 0 Å². The monoisotopic (exact) mass is 198 g/mol. The molecule has 2 unspecified atom stereocenters. The SMILES string of the molecule is CCCC(CN)N1C(=O)CC(C)C1=O. The zero-order valence-corrected chi connectivity index (χ0v) is 8.82. The van der Waals surface area contributed by atoms with Crippen LogP contribution in [-0.4, -0.2) is 29.3 Å². The minimum Gasteiger partial charge on any atom is -0.328 e. The Bertz CT molecular complexity index is 240. The number of nitrogens with two attached hydrogens (primary N) is 1. The highest BCUT2D eigenvalue weighted by Gasteiger charge is 2.38. The van der Waals surface area contributed by atoms with Crippen LogP contribution in [0.3, 0.4) is 0 Å². The van der Waals surface area contributed by atoms with Crippen LogP contribution in [0.1, 0.15) is 33.1 Å². The zero-order valence-electron chi connectivity index (χ0n) is 8.82. The minimum atomic E-state index is -0.159. The molecular formula is C10H18N2O2. The second-order valence-electron chi connectivity index (χ2n) is 3.89. The third-order valence-corrected chi connectivity index (χ3v) is 2.67. The maximum Gasteiger partial charge on any atom is 0.232 e. The van der Waals surface area contributed by atoms with E-state index in [0.29, 0.717) is 13.0 Å². The average Bonchev–Trinajstić information content (AvgIpc) is 2.39. The van der Waals surface area contributed by atoms with Gasteiger partial charge in [-0.25, -0.2) is 0 Å². The van der Waals surface area contributed by atoms with E-state index < -0.39 is 0 Å². The van der Waals surface area contributed by atoms with E-state index in [-0.39, 0.29) is 23.8 Å². The first-order valence-corrected chi connectivity index (χ1v) is 5.17. The number of amides is 2. The summed E-state index contributed by atoms with van der Waals surface area (Å²) in [6, 6.07) is -0.0926. The summed E-state index contributed by atoms with van der Waals surface area (Å²) in [7, 11) is 0. The molecule has 1 saturated heterocycles. The summed E-state index contributed by atoms with van der Waals surface area (Å²) in [4.78, 5) is 24.5. The Labute approximate surface area is 84.4 Å². The Balaban J connectivity index is 2.74. The molecule has 2 atom stereocenters. The van der Waals surface area contributed by atoms with Crippen LogP contribution in [0.15, 0.2) is 0 Å². The van der Waals surface area contributed by atoms with E-state index in [9.17, 15) is 9.59 Å². The fourth-order valence-corrected chi connectivity index (χ4v) is 1.88. The van der Waals surface area contributed by atoms with Crippen LogP contribution in [-0.2, 0) is 9.59 Å². The number of carbonyl (C=O) groups is 2. The smallest absolute Gasteiger partial charge is 0.232 e. The molecule has 0 saturated carbocycles. The van der Waals surface area contributed by atoms with Crippen molar-refractivity contribution in [2.24, 2.45) is 11.7 Å². The number of carbonyl (C=O) groups excluding carboxylic acids is 2. The fraction of sp³-hybridized carbons (Fsp3) is 0.800. The molecule has 0 aromatic rings. The van der Waals surface area contributed by atoms with Gasteiger partial charge in [-0.15, -0.1) is 0 Å². The van der Waals surface area contributed by atoms with Crippen LogP contribution in [0.25, 0.3) is 0 Å². The van der Waals surface area contributed by atoms with Crippen LogP contribution in [0.4, 0.5) is 0 Å². The summed E-state index contributed by atoms with van der Waals surface area (Å²) < 4.78 is 0. The number of likely N-dealkylation sites (tertiary alicyclic amines) is 1. The molecule has 1 aliphatic heterocycles. The van der Waals surface area contributed by atoms with Gasteiger partial charge < -0.3 is 5.73 Å². The molecule has 2 N–H and O–H groups in total. The third kappa shape index (κ3) is 1.95. The molecule has 1 rings (SSSR count). The predicted octanol–water partition coefficient (Wildman–Crippen LogP) is 0.509. The normalized spacial score (nSPS) is 24.5. The van der Waals surface area contributed by atoms with E-state index in [2.05, 4.69) is 0 Å². The lowest BCUT2D eigenvalue weighted by Crippen LogP contribution is -2.44. The number of hydrogen-bond donors (Lipinski definition) is 1. The molecule has 1 heterocycles. The average molecular weight is 198 g/mol. The first-order chi connectivity index (χ1) is 6.61. The van der Waals surface area contributed by atoms with Crippen molar-refractivity contribution in [3.8, 4) is 0 Å². The van der Waals surface area contributed by atoms with Gasteiger partial charge in [0, 0.05) is 18.9 Å². The van der Waals surface area contributed by atoms with Crippen molar-refractivity contribution in [1.82, 2.24) is 4.90 Å². The summed E-state index contributed by atoms with van der Waals surface area (Å²) in [6.45, 7) is 4.19. The Morgan fingerprint density at radius 1 is 1.57 bits per heavy atom. The quantitative estimate of drug-likeness (QED) is 0.669. The van der Waals surface area contributed by atoms with Crippen LogP contribution in [0, 0.1) is 5.92 Å². The van der Waals surface area contributed by atoms with E-state index >= 15 is 0 Å². The molecule has 80 valence electrons. The van der Waals surface area contributed by atoms with Gasteiger partial charge in [0.2, 0.25) is 11.8 Å². The highest BCUT2D eigenvalue weighted by atomic mass is 16.2. The first kappa shape index (κ1) is 11.2. The molecule has 0 aromatic carbocycles. The van der Waals surface area contributed by atoms with E-state index in [1.54, 1.807) is 6.92 Å². The zero-order chi connectivity index (χ0) is 10.7. The maximum atomic E-state index is 11.6. The van der Waals surface area contributed by atoms with Gasteiger partial charge in [0.15, 0.2) is 0 Å². The molecule has 4 heteroatoms. The molecule has 0 aromatic heterocycles. The maximum absolute atomic E-state index is 11.6. The van der Waals surface area contributed by atoms with E-state index in [0.717, 1.165) is 12.8 Å². The summed E-state index contributed by atoms with van der Waals surface area (Å²) in [5, 5.41) is 0. The molecule has 0 aliphatic carbocycles. The highest BCUT2D eigenvalue weighted by molar-refractivity contribution is 6.03. The molecular weight excluding hydrogens is 180 g/mol. The van der Waals surface area contributed by atoms with Crippen LogP contribution in [0.5, 0.6) is 0 Å². The van der Waals surface area contributed by atoms with Gasteiger partial charge in [-0.3, -0.25) is 14.5 Å². The fourth-order valence-electron chi connectivity index (χ4n) is 1.88. The van der Waals surface area contributed by atoms with Crippen molar-refractivity contribution in [3.05, 3.63) is 0 Å². The lowest BCUT2D eigenvalue weighted by Gasteiger charge is -2.24. The molecule has 2 amide bonds. The summed E-state index contributed by atoms with van der Waals surface area (Å²) in [5.41, 5.74) is 5.56. The Hall–Kier alpha value is -0.900. The topological polar surface area (TPSA) is 63.4 Å². The van der Waals surface area contributed by atoms with Crippen LogP contribution < -0.4 is 5.73 Å². The van der Waals surface area contributed by atoms with E-state index in [1.165, 1.54) is 4.90 Å². The molecule has 0 radical (unpaired) electrons. The Morgan fingerprint density at radius 2 is 2.21 bits per heavy atom. The summed E-state index contributed by atoms with van der Waals surface area (Å²) in [6.07, 6.45) is 2.09. The minimum absolute atomic E-state index is 0.0566. The van der Waals surface area contributed by atoms with Gasteiger partial charge in [-0.05, 0) is 6.42 Å².